The van der Waals surface area contributed by atoms with Crippen molar-refractivity contribution in [3.8, 4) is 0 Å². The molecule has 0 bridgehead atoms. The molecule has 0 aliphatic heterocycles. The summed E-state index contributed by atoms with van der Waals surface area (Å²) in [5.41, 5.74) is 4.41. The van der Waals surface area contributed by atoms with Crippen molar-refractivity contribution in [2.75, 3.05) is 5.01 Å². The fraction of sp³-hybridized carbons (Fsp3) is 0.143. The Morgan fingerprint density at radius 2 is 1.48 bits per heavy atom. The second-order valence-electron chi connectivity index (χ2n) is 6.14. The zero-order chi connectivity index (χ0) is 17.1. The van der Waals surface area contributed by atoms with Crippen LogP contribution >= 0.6 is 0 Å². The monoisotopic (exact) mass is 328 g/mol. The van der Waals surface area contributed by atoms with E-state index < -0.39 is 0 Å². The zero-order valence-corrected chi connectivity index (χ0v) is 14.2. The Bertz CT molecular complexity index is 947. The maximum absolute atomic E-state index is 4.43. The third-order valence-electron chi connectivity index (χ3n) is 4.49. The fourth-order valence-electron chi connectivity index (χ4n) is 3.09. The van der Waals surface area contributed by atoms with E-state index >= 15 is 0 Å². The zero-order valence-electron chi connectivity index (χ0n) is 14.2. The predicted octanol–water partition coefficient (Wildman–Crippen LogP) is 4.33. The Morgan fingerprint density at radius 1 is 0.840 bits per heavy atom. The summed E-state index contributed by atoms with van der Waals surface area (Å²) in [4.78, 5) is 1.93. The largest absolute Gasteiger partial charge is 0.283 e. The van der Waals surface area contributed by atoms with E-state index in [0.717, 1.165) is 17.6 Å². The highest BCUT2D eigenvalue weighted by Gasteiger charge is 2.19. The second kappa shape index (κ2) is 6.77. The van der Waals surface area contributed by atoms with Gasteiger partial charge in [0.1, 0.15) is 11.0 Å². The number of fused-ring (bicyclic) bond motifs is 1. The summed E-state index contributed by atoms with van der Waals surface area (Å²) in [6.45, 7) is 2.96. The molecule has 4 aromatic rings. The summed E-state index contributed by atoms with van der Waals surface area (Å²) in [7, 11) is 0. The Kier molecular flexibility index (Phi) is 4.17. The highest BCUT2D eigenvalue weighted by atomic mass is 15.7. The highest BCUT2D eigenvalue weighted by Crippen LogP contribution is 2.23. The van der Waals surface area contributed by atoms with Gasteiger partial charge in [0.25, 0.3) is 0 Å². The van der Waals surface area contributed by atoms with Gasteiger partial charge < -0.3 is 0 Å². The fourth-order valence-corrected chi connectivity index (χ4v) is 3.09. The van der Waals surface area contributed by atoms with Crippen LogP contribution in [-0.4, -0.2) is 15.1 Å². The lowest BCUT2D eigenvalue weighted by atomic mass is 10.1. The van der Waals surface area contributed by atoms with E-state index in [2.05, 4.69) is 76.8 Å². The van der Waals surface area contributed by atoms with Crippen molar-refractivity contribution in [3.05, 3.63) is 96.1 Å². The van der Waals surface area contributed by atoms with Crippen LogP contribution < -0.4 is 5.01 Å². The molecule has 1 atom stereocenters. The number of hydrogen-bond acceptors (Lipinski definition) is 3. The normalized spacial score (nSPS) is 12.2. The van der Waals surface area contributed by atoms with Crippen LogP contribution in [0.25, 0.3) is 11.0 Å². The molecule has 3 aromatic carbocycles. The third kappa shape index (κ3) is 3.11. The first-order chi connectivity index (χ1) is 12.3. The van der Waals surface area contributed by atoms with E-state index in [9.17, 15) is 0 Å². The lowest BCUT2D eigenvalue weighted by Crippen LogP contribution is -2.37. The molecule has 124 valence electrons. The van der Waals surface area contributed by atoms with Gasteiger partial charge in [-0.1, -0.05) is 72.8 Å². The maximum Gasteiger partial charge on any atom is 0.115 e. The molecule has 4 nitrogen and oxygen atoms in total. The molecule has 0 spiro atoms. The van der Waals surface area contributed by atoms with Crippen LogP contribution in [0.5, 0.6) is 0 Å². The molecule has 4 heteroatoms. The summed E-state index contributed by atoms with van der Waals surface area (Å²) in [5.74, 6) is 0. The summed E-state index contributed by atoms with van der Waals surface area (Å²) in [6, 6.07) is 29.2. The minimum absolute atomic E-state index is 0.159. The van der Waals surface area contributed by atoms with Crippen LogP contribution in [0.2, 0.25) is 0 Å². The molecule has 25 heavy (non-hydrogen) atoms. The number of aromatic nitrogens is 3. The lowest BCUT2D eigenvalue weighted by molar-refractivity contribution is 0.462. The number of para-hydroxylation sites is 1. The number of benzene rings is 3. The first kappa shape index (κ1) is 15.4. The molecule has 0 aliphatic carbocycles. The summed E-state index contributed by atoms with van der Waals surface area (Å²) in [6.07, 6.45) is 0. The van der Waals surface area contributed by atoms with Crippen LogP contribution in [0.15, 0.2) is 84.9 Å². The molecule has 0 N–H and O–H groups in total. The maximum atomic E-state index is 4.43. The van der Waals surface area contributed by atoms with Gasteiger partial charge in [-0.05, 0) is 35.4 Å². The molecule has 4 rings (SSSR count). The summed E-state index contributed by atoms with van der Waals surface area (Å²) in [5, 5.41) is 11.0. The molecule has 0 radical (unpaired) electrons. The molecule has 0 saturated heterocycles. The van der Waals surface area contributed by atoms with Gasteiger partial charge in [-0.25, -0.2) is 0 Å². The van der Waals surface area contributed by atoms with Crippen molar-refractivity contribution in [1.82, 2.24) is 15.1 Å². The minimum Gasteiger partial charge on any atom is -0.283 e. The van der Waals surface area contributed by atoms with E-state index in [0.29, 0.717) is 0 Å². The van der Waals surface area contributed by atoms with E-state index in [1.807, 2.05) is 35.1 Å². The molecule has 0 saturated carbocycles. The van der Waals surface area contributed by atoms with Gasteiger partial charge in [0.05, 0.1) is 12.6 Å². The van der Waals surface area contributed by atoms with Crippen molar-refractivity contribution < 1.29 is 0 Å². The van der Waals surface area contributed by atoms with Gasteiger partial charge in [-0.2, -0.15) is 4.79 Å². The van der Waals surface area contributed by atoms with Crippen LogP contribution in [0, 0.1) is 0 Å². The van der Waals surface area contributed by atoms with Crippen molar-refractivity contribution in [2.45, 2.75) is 19.5 Å². The Hall–Kier alpha value is -3.14. The molecule has 1 aromatic heterocycles. The average Bonchev–Trinajstić information content (AvgIpc) is 3.11. The summed E-state index contributed by atoms with van der Waals surface area (Å²) < 4.78 is 0. The Balaban J connectivity index is 1.78. The smallest absolute Gasteiger partial charge is 0.115 e. The van der Waals surface area contributed by atoms with Crippen LogP contribution in [0.3, 0.4) is 0 Å². The predicted molar refractivity (Wildman–Crippen MR) is 101 cm³/mol. The van der Waals surface area contributed by atoms with Gasteiger partial charge in [0.2, 0.25) is 0 Å². The first-order valence-corrected chi connectivity index (χ1v) is 8.49. The minimum atomic E-state index is 0.159. The van der Waals surface area contributed by atoms with Crippen molar-refractivity contribution >= 4 is 11.0 Å². The van der Waals surface area contributed by atoms with Crippen LogP contribution in [0.4, 0.5) is 0 Å². The van der Waals surface area contributed by atoms with E-state index in [-0.39, 0.29) is 6.04 Å². The van der Waals surface area contributed by atoms with E-state index in [4.69, 9.17) is 0 Å². The van der Waals surface area contributed by atoms with Gasteiger partial charge in [0.15, 0.2) is 0 Å². The molecule has 1 unspecified atom stereocenters. The molecule has 0 amide bonds. The molecular weight excluding hydrogens is 308 g/mol. The second-order valence-corrected chi connectivity index (χ2v) is 6.14. The quantitative estimate of drug-likeness (QED) is 0.547. The van der Waals surface area contributed by atoms with Gasteiger partial charge in [-0.3, -0.25) is 5.01 Å². The van der Waals surface area contributed by atoms with Gasteiger partial charge >= 0.3 is 0 Å². The first-order valence-electron chi connectivity index (χ1n) is 8.49. The molecule has 0 aliphatic rings. The van der Waals surface area contributed by atoms with Crippen molar-refractivity contribution in [1.29, 1.82) is 0 Å². The number of nitrogens with zero attached hydrogens (tertiary/aromatic N) is 4. The SMILES string of the molecule is CC(c1ccccc1)N(Cc1ccccc1)n1nnc2ccccc21. The third-order valence-corrected chi connectivity index (χ3v) is 4.49. The highest BCUT2D eigenvalue weighted by molar-refractivity contribution is 5.74. The number of rotatable bonds is 5. The summed E-state index contributed by atoms with van der Waals surface area (Å²) >= 11 is 0. The average molecular weight is 328 g/mol. The Labute approximate surface area is 147 Å². The lowest BCUT2D eigenvalue weighted by Gasteiger charge is -2.31. The van der Waals surface area contributed by atoms with Crippen LogP contribution in [0.1, 0.15) is 24.1 Å². The molecule has 1 heterocycles. The van der Waals surface area contributed by atoms with Gasteiger partial charge in [-0.15, -0.1) is 5.10 Å². The van der Waals surface area contributed by atoms with Crippen molar-refractivity contribution in [3.63, 3.8) is 0 Å². The standard InChI is InChI=1S/C21H20N4/c1-17(19-12-6-3-7-13-19)24(16-18-10-4-2-5-11-18)25-21-15-9-8-14-20(21)22-23-25/h2-15,17H,16H2,1H3. The van der Waals surface area contributed by atoms with E-state index in [1.54, 1.807) is 0 Å². The van der Waals surface area contributed by atoms with Crippen molar-refractivity contribution in [2.24, 2.45) is 0 Å². The number of hydrogen-bond donors (Lipinski definition) is 0. The topological polar surface area (TPSA) is 34.0 Å². The Morgan fingerprint density at radius 3 is 2.24 bits per heavy atom. The molecule has 0 fully saturated rings. The van der Waals surface area contributed by atoms with E-state index in [1.165, 1.54) is 11.1 Å². The van der Waals surface area contributed by atoms with Gasteiger partial charge in [0, 0.05) is 0 Å². The van der Waals surface area contributed by atoms with Crippen LogP contribution in [-0.2, 0) is 6.54 Å². The molecular formula is C21H20N4.